The smallest absolute Gasteiger partial charge is 0.356 e. The average molecular weight is 440 g/mol. The molecule has 1 atom stereocenters. The minimum absolute atomic E-state index is 0.0226. The monoisotopic (exact) mass is 440 g/mol. The first kappa shape index (κ1) is 22.7. The van der Waals surface area contributed by atoms with Crippen LogP contribution in [0.2, 0.25) is 0 Å². The van der Waals surface area contributed by atoms with Crippen LogP contribution >= 0.6 is 0 Å². The molecule has 31 heavy (non-hydrogen) atoms. The van der Waals surface area contributed by atoms with Crippen LogP contribution in [0.3, 0.4) is 0 Å². The summed E-state index contributed by atoms with van der Waals surface area (Å²) in [4.78, 5) is 25.8. The Morgan fingerprint density at radius 1 is 1.13 bits per heavy atom. The zero-order valence-electron chi connectivity index (χ0n) is 16.5. The maximum Gasteiger partial charge on any atom is 0.416 e. The van der Waals surface area contributed by atoms with Crippen LogP contribution in [-0.4, -0.2) is 29.3 Å². The molecule has 1 unspecified atom stereocenters. The van der Waals surface area contributed by atoms with Crippen LogP contribution in [0.5, 0.6) is 0 Å². The van der Waals surface area contributed by atoms with Crippen molar-refractivity contribution in [1.29, 1.82) is 0 Å². The van der Waals surface area contributed by atoms with E-state index in [0.717, 1.165) is 18.2 Å². The molecule has 0 bridgehead atoms. The minimum Gasteiger partial charge on any atom is -0.356 e. The van der Waals surface area contributed by atoms with Gasteiger partial charge in [0.1, 0.15) is 0 Å². The molecule has 0 radical (unpaired) electrons. The van der Waals surface area contributed by atoms with Crippen molar-refractivity contribution in [2.45, 2.75) is 44.4 Å². The third-order valence-corrected chi connectivity index (χ3v) is 5.24. The standard InChI is InChI=1S/C22H21F5N2O2/c23-18-6-2-4-15(21(18)24)13-29-17(7-8-20(29)31)12-19(30)28-10-9-14-3-1-5-16(11-14)22(25,26)27/h1-6,11,17H,7-10,12-13H2,(H,28,30). The molecule has 9 heteroatoms. The van der Waals surface area contributed by atoms with Gasteiger partial charge < -0.3 is 10.2 Å². The highest BCUT2D eigenvalue weighted by molar-refractivity contribution is 5.82. The normalized spacial score (nSPS) is 16.6. The van der Waals surface area contributed by atoms with E-state index in [2.05, 4.69) is 5.32 Å². The van der Waals surface area contributed by atoms with Gasteiger partial charge in [-0.2, -0.15) is 13.2 Å². The van der Waals surface area contributed by atoms with Crippen molar-refractivity contribution in [3.8, 4) is 0 Å². The zero-order chi connectivity index (χ0) is 22.6. The van der Waals surface area contributed by atoms with Crippen LogP contribution in [0.25, 0.3) is 0 Å². The van der Waals surface area contributed by atoms with E-state index in [1.54, 1.807) is 6.07 Å². The van der Waals surface area contributed by atoms with E-state index < -0.39 is 29.4 Å². The lowest BCUT2D eigenvalue weighted by Crippen LogP contribution is -2.37. The second-order valence-corrected chi connectivity index (χ2v) is 7.43. The molecule has 1 N–H and O–H groups in total. The third-order valence-electron chi connectivity index (χ3n) is 5.24. The van der Waals surface area contributed by atoms with Crippen LogP contribution in [0, 0.1) is 11.6 Å². The fourth-order valence-electron chi connectivity index (χ4n) is 3.61. The van der Waals surface area contributed by atoms with Gasteiger partial charge in [0.2, 0.25) is 11.8 Å². The first-order chi connectivity index (χ1) is 14.6. The highest BCUT2D eigenvalue weighted by Gasteiger charge is 2.33. The molecular formula is C22H21F5N2O2. The van der Waals surface area contributed by atoms with Gasteiger partial charge in [-0.15, -0.1) is 0 Å². The van der Waals surface area contributed by atoms with Crippen molar-refractivity contribution in [2.75, 3.05) is 6.54 Å². The first-order valence-electron chi connectivity index (χ1n) is 9.80. The Kier molecular flexibility index (Phi) is 6.92. The Hall–Kier alpha value is -2.97. The SMILES string of the molecule is O=C(CC1CCC(=O)N1Cc1cccc(F)c1F)NCCc1cccc(C(F)(F)F)c1. The van der Waals surface area contributed by atoms with Crippen molar-refractivity contribution >= 4 is 11.8 Å². The molecule has 1 saturated heterocycles. The quantitative estimate of drug-likeness (QED) is 0.656. The molecule has 1 heterocycles. The molecule has 2 aromatic rings. The Bertz CT molecular complexity index is 961. The average Bonchev–Trinajstić information content (AvgIpc) is 3.04. The number of hydrogen-bond acceptors (Lipinski definition) is 2. The van der Waals surface area contributed by atoms with Gasteiger partial charge in [0.15, 0.2) is 11.6 Å². The lowest BCUT2D eigenvalue weighted by molar-refractivity contribution is -0.137. The number of nitrogens with one attached hydrogen (secondary N) is 1. The summed E-state index contributed by atoms with van der Waals surface area (Å²) in [5, 5.41) is 2.64. The zero-order valence-corrected chi connectivity index (χ0v) is 16.5. The molecule has 2 aromatic carbocycles. The molecule has 0 spiro atoms. The third kappa shape index (κ3) is 5.80. The lowest BCUT2D eigenvalue weighted by Gasteiger charge is -2.25. The van der Waals surface area contributed by atoms with Gasteiger partial charge in [-0.1, -0.05) is 30.3 Å². The molecular weight excluding hydrogens is 419 g/mol. The summed E-state index contributed by atoms with van der Waals surface area (Å²) in [5.74, 6) is -2.64. The number of amides is 2. The highest BCUT2D eigenvalue weighted by atomic mass is 19.4. The molecule has 0 saturated carbocycles. The predicted octanol–water partition coefficient (Wildman–Crippen LogP) is 4.22. The fraction of sp³-hybridized carbons (Fsp3) is 0.364. The number of benzene rings is 2. The van der Waals surface area contributed by atoms with Gasteiger partial charge in [0.05, 0.1) is 5.56 Å². The van der Waals surface area contributed by atoms with Crippen molar-refractivity contribution in [1.82, 2.24) is 10.2 Å². The second kappa shape index (κ2) is 9.45. The van der Waals surface area contributed by atoms with E-state index >= 15 is 0 Å². The van der Waals surface area contributed by atoms with E-state index in [0.29, 0.717) is 12.0 Å². The predicted molar refractivity (Wildman–Crippen MR) is 103 cm³/mol. The number of carbonyl (C=O) groups is 2. The minimum atomic E-state index is -4.43. The van der Waals surface area contributed by atoms with E-state index in [1.807, 2.05) is 0 Å². The number of hydrogen-bond donors (Lipinski definition) is 1. The molecule has 1 aliphatic heterocycles. The van der Waals surface area contributed by atoms with Crippen molar-refractivity contribution in [3.05, 3.63) is 70.8 Å². The molecule has 2 amide bonds. The number of halogens is 5. The van der Waals surface area contributed by atoms with Crippen LogP contribution in [0.4, 0.5) is 22.0 Å². The molecule has 0 aliphatic carbocycles. The van der Waals surface area contributed by atoms with Gasteiger partial charge in [0, 0.05) is 37.5 Å². The number of nitrogens with zero attached hydrogens (tertiary/aromatic N) is 1. The van der Waals surface area contributed by atoms with Crippen LogP contribution in [0.15, 0.2) is 42.5 Å². The maximum absolute atomic E-state index is 13.9. The maximum atomic E-state index is 13.9. The van der Waals surface area contributed by atoms with E-state index in [9.17, 15) is 31.5 Å². The molecule has 4 nitrogen and oxygen atoms in total. The molecule has 1 fully saturated rings. The van der Waals surface area contributed by atoms with Crippen LogP contribution < -0.4 is 5.32 Å². The molecule has 166 valence electrons. The summed E-state index contributed by atoms with van der Waals surface area (Å²) >= 11 is 0. The van der Waals surface area contributed by atoms with E-state index in [1.165, 1.54) is 23.1 Å². The largest absolute Gasteiger partial charge is 0.416 e. The topological polar surface area (TPSA) is 49.4 Å². The van der Waals surface area contributed by atoms with Crippen molar-refractivity contribution in [2.24, 2.45) is 0 Å². The van der Waals surface area contributed by atoms with Crippen molar-refractivity contribution < 1.29 is 31.5 Å². The van der Waals surface area contributed by atoms with E-state index in [-0.39, 0.29) is 49.7 Å². The number of alkyl halides is 3. The Labute approximate surface area is 176 Å². The summed E-state index contributed by atoms with van der Waals surface area (Å²) < 4.78 is 65.7. The second-order valence-electron chi connectivity index (χ2n) is 7.43. The van der Waals surface area contributed by atoms with Crippen LogP contribution in [0.1, 0.15) is 36.0 Å². The highest BCUT2D eigenvalue weighted by Crippen LogP contribution is 2.29. The summed E-state index contributed by atoms with van der Waals surface area (Å²) in [5.41, 5.74) is -0.277. The van der Waals surface area contributed by atoms with Crippen LogP contribution in [-0.2, 0) is 28.7 Å². The molecule has 0 aromatic heterocycles. The lowest BCUT2D eigenvalue weighted by atomic mass is 10.1. The number of rotatable bonds is 7. The summed E-state index contributed by atoms with van der Waals surface area (Å²) in [6.07, 6.45) is -3.61. The van der Waals surface area contributed by atoms with Gasteiger partial charge in [0.25, 0.3) is 0 Å². The molecule has 1 aliphatic rings. The Morgan fingerprint density at radius 2 is 1.87 bits per heavy atom. The summed E-state index contributed by atoms with van der Waals surface area (Å²) in [6, 6.07) is 8.15. The van der Waals surface area contributed by atoms with Crippen molar-refractivity contribution in [3.63, 3.8) is 0 Å². The van der Waals surface area contributed by atoms with Gasteiger partial charge in [-0.05, 0) is 30.5 Å². The number of carbonyl (C=O) groups excluding carboxylic acids is 2. The summed E-state index contributed by atoms with van der Waals surface area (Å²) in [6.45, 7) is 0.00391. The first-order valence-corrected chi connectivity index (χ1v) is 9.80. The molecule has 3 rings (SSSR count). The van der Waals surface area contributed by atoms with Gasteiger partial charge >= 0.3 is 6.18 Å². The van der Waals surface area contributed by atoms with E-state index in [4.69, 9.17) is 0 Å². The van der Waals surface area contributed by atoms with Gasteiger partial charge in [-0.25, -0.2) is 8.78 Å². The number of likely N-dealkylation sites (tertiary alicyclic amines) is 1. The van der Waals surface area contributed by atoms with Gasteiger partial charge in [-0.3, -0.25) is 9.59 Å². The Balaban J connectivity index is 1.53. The fourth-order valence-corrected chi connectivity index (χ4v) is 3.61. The summed E-state index contributed by atoms with van der Waals surface area (Å²) in [7, 11) is 0. The Morgan fingerprint density at radius 3 is 2.61 bits per heavy atom.